The Balaban J connectivity index is 0.00000264. The third kappa shape index (κ3) is 4.06. The molecule has 0 aliphatic carbocycles. The third-order valence-electron chi connectivity index (χ3n) is 3.90. The summed E-state index contributed by atoms with van der Waals surface area (Å²) in [5, 5.41) is 11.2. The standard InChI is InChI=1S/C16H19F3N2O.ClH/c1-14(2,3)15(22,10-21-9-8-20-11-21)12-4-6-13(7-5-12)16(17,18)19;/h4-9,11,22H,10H2,1-3H3;1H. The van der Waals surface area contributed by atoms with Crippen molar-refractivity contribution < 1.29 is 18.3 Å². The van der Waals surface area contributed by atoms with Crippen molar-refractivity contribution in [3.05, 3.63) is 54.1 Å². The van der Waals surface area contributed by atoms with Crippen LogP contribution in [-0.2, 0) is 18.3 Å². The maximum Gasteiger partial charge on any atom is 0.416 e. The zero-order chi connectivity index (χ0) is 16.6. The second-order valence-corrected chi connectivity index (χ2v) is 6.42. The molecule has 2 rings (SSSR count). The van der Waals surface area contributed by atoms with Gasteiger partial charge >= 0.3 is 6.18 Å². The van der Waals surface area contributed by atoms with Gasteiger partial charge in [-0.2, -0.15) is 13.2 Å². The van der Waals surface area contributed by atoms with E-state index >= 15 is 0 Å². The summed E-state index contributed by atoms with van der Waals surface area (Å²) in [6.45, 7) is 5.76. The second-order valence-electron chi connectivity index (χ2n) is 6.42. The van der Waals surface area contributed by atoms with Crippen molar-refractivity contribution >= 4 is 12.4 Å². The van der Waals surface area contributed by atoms with Crippen LogP contribution < -0.4 is 0 Å². The number of aliphatic hydroxyl groups is 1. The van der Waals surface area contributed by atoms with Crippen LogP contribution in [0.5, 0.6) is 0 Å². The van der Waals surface area contributed by atoms with Gasteiger partial charge in [-0.1, -0.05) is 32.9 Å². The number of halogens is 4. The third-order valence-corrected chi connectivity index (χ3v) is 3.90. The van der Waals surface area contributed by atoms with Crippen molar-refractivity contribution in [3.63, 3.8) is 0 Å². The normalized spacial score (nSPS) is 14.9. The van der Waals surface area contributed by atoms with Crippen LogP contribution in [0, 0.1) is 5.41 Å². The summed E-state index contributed by atoms with van der Waals surface area (Å²) in [6.07, 6.45) is 0.486. The van der Waals surface area contributed by atoms with Gasteiger partial charge < -0.3 is 9.67 Å². The molecule has 0 radical (unpaired) electrons. The number of hydrogen-bond acceptors (Lipinski definition) is 2. The highest BCUT2D eigenvalue weighted by atomic mass is 35.5. The van der Waals surface area contributed by atoms with Crippen molar-refractivity contribution in [1.82, 2.24) is 9.55 Å². The fraction of sp³-hybridized carbons (Fsp3) is 0.438. The van der Waals surface area contributed by atoms with E-state index in [0.29, 0.717) is 5.56 Å². The summed E-state index contributed by atoms with van der Waals surface area (Å²) in [7, 11) is 0. The van der Waals surface area contributed by atoms with Gasteiger partial charge in [0.15, 0.2) is 0 Å². The number of nitrogens with zero attached hydrogens (tertiary/aromatic N) is 2. The lowest BCUT2D eigenvalue weighted by molar-refractivity contribution is -0.137. The van der Waals surface area contributed by atoms with Crippen LogP contribution in [-0.4, -0.2) is 14.7 Å². The molecule has 0 aliphatic rings. The van der Waals surface area contributed by atoms with Crippen LogP contribution in [0.2, 0.25) is 0 Å². The van der Waals surface area contributed by atoms with Gasteiger partial charge in [-0.15, -0.1) is 12.4 Å². The molecule has 0 saturated carbocycles. The van der Waals surface area contributed by atoms with Crippen LogP contribution >= 0.6 is 12.4 Å². The largest absolute Gasteiger partial charge is 0.416 e. The van der Waals surface area contributed by atoms with Gasteiger partial charge in [-0.3, -0.25) is 0 Å². The Kier molecular flexibility index (Phi) is 5.54. The number of alkyl halides is 3. The lowest BCUT2D eigenvalue weighted by atomic mass is 9.72. The summed E-state index contributed by atoms with van der Waals surface area (Å²) in [4.78, 5) is 3.93. The van der Waals surface area contributed by atoms with E-state index in [4.69, 9.17) is 0 Å². The molecule has 2 aromatic rings. The molecule has 0 bridgehead atoms. The molecule has 0 aliphatic heterocycles. The van der Waals surface area contributed by atoms with E-state index in [1.54, 1.807) is 23.3 Å². The van der Waals surface area contributed by atoms with Gasteiger partial charge in [0.25, 0.3) is 0 Å². The molecule has 1 heterocycles. The highest BCUT2D eigenvalue weighted by molar-refractivity contribution is 5.85. The van der Waals surface area contributed by atoms with E-state index in [1.165, 1.54) is 12.1 Å². The van der Waals surface area contributed by atoms with E-state index < -0.39 is 22.8 Å². The SMILES string of the molecule is CC(C)(C)C(O)(Cn1ccnc1)c1ccc(C(F)(F)F)cc1.Cl. The zero-order valence-corrected chi connectivity index (χ0v) is 13.9. The first kappa shape index (κ1) is 19.5. The van der Waals surface area contributed by atoms with Gasteiger partial charge in [0.05, 0.1) is 18.4 Å². The smallest absolute Gasteiger partial charge is 0.383 e. The zero-order valence-electron chi connectivity index (χ0n) is 13.1. The summed E-state index contributed by atoms with van der Waals surface area (Å²) in [6, 6.07) is 4.68. The Morgan fingerprint density at radius 2 is 1.57 bits per heavy atom. The molecule has 1 unspecified atom stereocenters. The first-order chi connectivity index (χ1) is 10.0. The van der Waals surface area contributed by atoms with E-state index in [-0.39, 0.29) is 19.0 Å². The summed E-state index contributed by atoms with van der Waals surface area (Å²) in [5.41, 5.74) is -2.17. The topological polar surface area (TPSA) is 38.0 Å². The van der Waals surface area contributed by atoms with Gasteiger partial charge in [-0.25, -0.2) is 4.98 Å². The molecule has 0 saturated heterocycles. The monoisotopic (exact) mass is 348 g/mol. The van der Waals surface area contributed by atoms with Gasteiger partial charge in [0, 0.05) is 12.4 Å². The maximum atomic E-state index is 12.7. The Hall–Kier alpha value is -1.53. The molecule has 23 heavy (non-hydrogen) atoms. The minimum Gasteiger partial charge on any atom is -0.383 e. The molecular weight excluding hydrogens is 329 g/mol. The average molecular weight is 349 g/mol. The average Bonchev–Trinajstić information content (AvgIpc) is 2.89. The highest BCUT2D eigenvalue weighted by Gasteiger charge is 2.42. The number of aromatic nitrogens is 2. The van der Waals surface area contributed by atoms with E-state index in [1.807, 2.05) is 20.8 Å². The minimum atomic E-state index is -4.39. The van der Waals surface area contributed by atoms with Gasteiger partial charge in [-0.05, 0) is 23.1 Å². The lowest BCUT2D eigenvalue weighted by Crippen LogP contribution is -2.43. The second kappa shape index (κ2) is 6.53. The molecule has 1 N–H and O–H groups in total. The quantitative estimate of drug-likeness (QED) is 0.900. The molecule has 0 fully saturated rings. The van der Waals surface area contributed by atoms with Crippen LogP contribution in [0.15, 0.2) is 43.0 Å². The first-order valence-corrected chi connectivity index (χ1v) is 6.90. The Bertz CT molecular complexity index is 618. The molecule has 0 amide bonds. The van der Waals surface area contributed by atoms with Crippen molar-refractivity contribution in [3.8, 4) is 0 Å². The maximum absolute atomic E-state index is 12.7. The van der Waals surface area contributed by atoms with Crippen molar-refractivity contribution in [2.45, 2.75) is 39.1 Å². The predicted octanol–water partition coefficient (Wildman–Crippen LogP) is 4.26. The van der Waals surface area contributed by atoms with Crippen molar-refractivity contribution in [2.24, 2.45) is 5.41 Å². The van der Waals surface area contributed by atoms with E-state index in [9.17, 15) is 18.3 Å². The molecule has 3 nitrogen and oxygen atoms in total. The predicted molar refractivity (Wildman–Crippen MR) is 84.3 cm³/mol. The molecule has 0 spiro atoms. The van der Waals surface area contributed by atoms with Crippen molar-refractivity contribution in [1.29, 1.82) is 0 Å². The Morgan fingerprint density at radius 3 is 1.96 bits per heavy atom. The molecule has 7 heteroatoms. The summed E-state index contributed by atoms with van der Waals surface area (Å²) >= 11 is 0. The van der Waals surface area contributed by atoms with Crippen LogP contribution in [0.3, 0.4) is 0 Å². The number of rotatable bonds is 3. The van der Waals surface area contributed by atoms with Crippen LogP contribution in [0.1, 0.15) is 31.9 Å². The number of benzene rings is 1. The molecule has 1 aromatic carbocycles. The lowest BCUT2D eigenvalue weighted by Gasteiger charge is -2.41. The molecular formula is C16H20ClF3N2O. The van der Waals surface area contributed by atoms with Crippen LogP contribution in [0.4, 0.5) is 13.2 Å². The van der Waals surface area contributed by atoms with Crippen molar-refractivity contribution in [2.75, 3.05) is 0 Å². The summed E-state index contributed by atoms with van der Waals surface area (Å²) in [5.74, 6) is 0. The Morgan fingerprint density at radius 1 is 1.04 bits per heavy atom. The van der Waals surface area contributed by atoms with Gasteiger partial charge in [0.2, 0.25) is 0 Å². The number of imidazole rings is 1. The van der Waals surface area contributed by atoms with Crippen LogP contribution in [0.25, 0.3) is 0 Å². The number of hydrogen-bond donors (Lipinski definition) is 1. The molecule has 1 aromatic heterocycles. The fourth-order valence-electron chi connectivity index (χ4n) is 2.34. The summed E-state index contributed by atoms with van der Waals surface area (Å²) < 4.78 is 39.8. The molecule has 1 atom stereocenters. The fourth-order valence-corrected chi connectivity index (χ4v) is 2.34. The highest BCUT2D eigenvalue weighted by Crippen LogP contribution is 2.41. The van der Waals surface area contributed by atoms with E-state index in [0.717, 1.165) is 12.1 Å². The first-order valence-electron chi connectivity index (χ1n) is 6.90. The Labute approximate surface area is 139 Å². The van der Waals surface area contributed by atoms with Gasteiger partial charge in [0.1, 0.15) is 5.60 Å². The minimum absolute atomic E-state index is 0. The van der Waals surface area contributed by atoms with E-state index in [2.05, 4.69) is 4.98 Å². The molecule has 128 valence electrons.